The number of hydrogen-bond donors (Lipinski definition) is 1. The minimum absolute atomic E-state index is 0.0144. The second-order valence-corrected chi connectivity index (χ2v) is 5.75. The van der Waals surface area contributed by atoms with E-state index in [1.807, 2.05) is 31.2 Å². The van der Waals surface area contributed by atoms with E-state index in [0.29, 0.717) is 0 Å². The first kappa shape index (κ1) is 14.0. The number of rotatable bonds is 5. The molecule has 0 fully saturated rings. The molecule has 4 heteroatoms. The summed E-state index contributed by atoms with van der Waals surface area (Å²) in [6, 6.07) is 7.84. The van der Waals surface area contributed by atoms with E-state index in [1.54, 1.807) is 0 Å². The first-order valence-electron chi connectivity index (χ1n) is 5.26. The minimum atomic E-state index is 0.0144. The zero-order valence-electron chi connectivity index (χ0n) is 9.17. The van der Waals surface area contributed by atoms with Crippen LogP contribution in [0.5, 0.6) is 0 Å². The highest BCUT2D eigenvalue weighted by Gasteiger charge is 2.09. The van der Waals surface area contributed by atoms with Crippen molar-refractivity contribution in [2.75, 3.05) is 5.33 Å². The fourth-order valence-electron chi connectivity index (χ4n) is 1.39. The van der Waals surface area contributed by atoms with Crippen molar-refractivity contribution < 1.29 is 4.79 Å². The molecule has 0 radical (unpaired) electrons. The van der Waals surface area contributed by atoms with Crippen LogP contribution in [0.4, 0.5) is 0 Å². The quantitative estimate of drug-likeness (QED) is 0.599. The lowest BCUT2D eigenvalue weighted by atomic mass is 10.1. The number of hydrogen-bond acceptors (Lipinski definition) is 1. The lowest BCUT2D eigenvalue weighted by Crippen LogP contribution is -2.32. The summed E-state index contributed by atoms with van der Waals surface area (Å²) in [5.74, 6) is 0.0144. The Morgan fingerprint density at radius 2 is 2.31 bits per heavy atom. The highest BCUT2D eigenvalue weighted by Crippen LogP contribution is 2.08. The summed E-state index contributed by atoms with van der Waals surface area (Å²) in [5.41, 5.74) is 0.734. The maximum absolute atomic E-state index is 11.8. The first-order valence-corrected chi connectivity index (χ1v) is 7.46. The van der Waals surface area contributed by atoms with Crippen LogP contribution in [-0.2, 0) is 0 Å². The SMILES string of the molecule is CC(CCCBr)NC(=O)c1cccc(I)c1. The minimum Gasteiger partial charge on any atom is -0.350 e. The van der Waals surface area contributed by atoms with Crippen LogP contribution < -0.4 is 5.32 Å². The first-order chi connectivity index (χ1) is 7.63. The molecule has 1 N–H and O–H groups in total. The van der Waals surface area contributed by atoms with E-state index in [9.17, 15) is 4.79 Å². The predicted octanol–water partition coefficient (Wildman–Crippen LogP) is 3.58. The van der Waals surface area contributed by atoms with E-state index in [-0.39, 0.29) is 11.9 Å². The lowest BCUT2D eigenvalue weighted by molar-refractivity contribution is 0.0938. The number of halogens is 2. The normalized spacial score (nSPS) is 12.2. The fourth-order valence-corrected chi connectivity index (χ4v) is 2.26. The van der Waals surface area contributed by atoms with Crippen LogP contribution in [-0.4, -0.2) is 17.3 Å². The van der Waals surface area contributed by atoms with Gasteiger partial charge < -0.3 is 5.32 Å². The van der Waals surface area contributed by atoms with Gasteiger partial charge in [-0.05, 0) is 60.6 Å². The Hall–Kier alpha value is -0.100. The average molecular weight is 396 g/mol. The van der Waals surface area contributed by atoms with Crippen LogP contribution in [0.2, 0.25) is 0 Å². The Kier molecular flexibility index (Phi) is 6.34. The van der Waals surface area contributed by atoms with Gasteiger partial charge in [0.15, 0.2) is 0 Å². The Bertz CT molecular complexity index is 357. The highest BCUT2D eigenvalue weighted by molar-refractivity contribution is 14.1. The average Bonchev–Trinajstić information content (AvgIpc) is 2.26. The van der Waals surface area contributed by atoms with Crippen molar-refractivity contribution in [3.05, 3.63) is 33.4 Å². The Balaban J connectivity index is 2.52. The Morgan fingerprint density at radius 1 is 1.56 bits per heavy atom. The smallest absolute Gasteiger partial charge is 0.251 e. The molecule has 0 spiro atoms. The van der Waals surface area contributed by atoms with Crippen LogP contribution in [0.25, 0.3) is 0 Å². The topological polar surface area (TPSA) is 29.1 Å². The van der Waals surface area contributed by atoms with Crippen LogP contribution in [0.1, 0.15) is 30.1 Å². The predicted molar refractivity (Wildman–Crippen MR) is 79.1 cm³/mol. The summed E-state index contributed by atoms with van der Waals surface area (Å²) in [6.07, 6.45) is 2.08. The van der Waals surface area contributed by atoms with Crippen molar-refractivity contribution in [3.8, 4) is 0 Å². The number of carbonyl (C=O) groups excluding carboxylic acids is 1. The van der Waals surface area contributed by atoms with Gasteiger partial charge in [-0.2, -0.15) is 0 Å². The van der Waals surface area contributed by atoms with Gasteiger partial charge in [0.1, 0.15) is 0 Å². The molecule has 1 atom stereocenters. The van der Waals surface area contributed by atoms with Gasteiger partial charge in [-0.3, -0.25) is 4.79 Å². The second kappa shape index (κ2) is 7.27. The summed E-state index contributed by atoms with van der Waals surface area (Å²) in [4.78, 5) is 11.8. The van der Waals surface area contributed by atoms with Crippen molar-refractivity contribution in [2.45, 2.75) is 25.8 Å². The zero-order chi connectivity index (χ0) is 12.0. The van der Waals surface area contributed by atoms with E-state index in [2.05, 4.69) is 43.8 Å². The fraction of sp³-hybridized carbons (Fsp3) is 0.417. The standard InChI is InChI=1S/C12H15BrINO/c1-9(4-3-7-13)15-12(16)10-5-2-6-11(14)8-10/h2,5-6,8-9H,3-4,7H2,1H3,(H,15,16). The maximum Gasteiger partial charge on any atom is 0.251 e. The third kappa shape index (κ3) is 4.82. The molecule has 88 valence electrons. The number of benzene rings is 1. The molecule has 1 aromatic carbocycles. The molecular weight excluding hydrogens is 381 g/mol. The van der Waals surface area contributed by atoms with Gasteiger partial charge in [-0.1, -0.05) is 22.0 Å². The number of amides is 1. The van der Waals surface area contributed by atoms with Gasteiger partial charge in [-0.15, -0.1) is 0 Å². The molecular formula is C12H15BrINO. The number of alkyl halides is 1. The Labute approximate surface area is 118 Å². The molecule has 16 heavy (non-hydrogen) atoms. The summed E-state index contributed by atoms with van der Waals surface area (Å²) < 4.78 is 1.08. The van der Waals surface area contributed by atoms with Crippen molar-refractivity contribution in [3.63, 3.8) is 0 Å². The molecule has 0 aromatic heterocycles. The molecule has 0 aliphatic carbocycles. The van der Waals surface area contributed by atoms with Crippen LogP contribution in [0, 0.1) is 3.57 Å². The molecule has 1 aromatic rings. The summed E-state index contributed by atoms with van der Waals surface area (Å²) >= 11 is 5.59. The van der Waals surface area contributed by atoms with Gasteiger partial charge in [0.05, 0.1) is 0 Å². The zero-order valence-corrected chi connectivity index (χ0v) is 12.9. The van der Waals surface area contributed by atoms with Crippen molar-refractivity contribution in [1.82, 2.24) is 5.32 Å². The molecule has 0 heterocycles. The third-order valence-electron chi connectivity index (χ3n) is 2.24. The molecule has 1 amide bonds. The molecule has 0 aliphatic heterocycles. The van der Waals surface area contributed by atoms with Gasteiger partial charge in [0.25, 0.3) is 5.91 Å². The Morgan fingerprint density at radius 3 is 2.94 bits per heavy atom. The van der Waals surface area contributed by atoms with E-state index in [4.69, 9.17) is 0 Å². The van der Waals surface area contributed by atoms with E-state index in [1.165, 1.54) is 0 Å². The monoisotopic (exact) mass is 395 g/mol. The maximum atomic E-state index is 11.8. The largest absolute Gasteiger partial charge is 0.350 e. The van der Waals surface area contributed by atoms with Gasteiger partial charge in [-0.25, -0.2) is 0 Å². The molecule has 0 saturated heterocycles. The van der Waals surface area contributed by atoms with E-state index >= 15 is 0 Å². The molecule has 2 nitrogen and oxygen atoms in total. The van der Waals surface area contributed by atoms with Crippen LogP contribution in [0.15, 0.2) is 24.3 Å². The molecule has 0 saturated carbocycles. The van der Waals surface area contributed by atoms with Crippen molar-refractivity contribution in [1.29, 1.82) is 0 Å². The highest BCUT2D eigenvalue weighted by atomic mass is 127. The van der Waals surface area contributed by atoms with E-state index < -0.39 is 0 Å². The summed E-state index contributed by atoms with van der Waals surface area (Å²) in [6.45, 7) is 2.04. The van der Waals surface area contributed by atoms with E-state index in [0.717, 1.165) is 27.3 Å². The summed E-state index contributed by atoms with van der Waals surface area (Å²) in [5, 5.41) is 3.98. The molecule has 1 unspecified atom stereocenters. The third-order valence-corrected chi connectivity index (χ3v) is 3.47. The van der Waals surface area contributed by atoms with Crippen LogP contribution >= 0.6 is 38.5 Å². The second-order valence-electron chi connectivity index (χ2n) is 3.72. The molecule has 1 rings (SSSR count). The lowest BCUT2D eigenvalue weighted by Gasteiger charge is -2.13. The van der Waals surface area contributed by atoms with Crippen LogP contribution in [0.3, 0.4) is 0 Å². The van der Waals surface area contributed by atoms with Gasteiger partial charge in [0.2, 0.25) is 0 Å². The van der Waals surface area contributed by atoms with Crippen molar-refractivity contribution >= 4 is 44.4 Å². The van der Waals surface area contributed by atoms with Crippen molar-refractivity contribution in [2.24, 2.45) is 0 Å². The number of nitrogens with one attached hydrogen (secondary N) is 1. The number of carbonyl (C=O) groups is 1. The molecule has 0 aliphatic rings. The van der Waals surface area contributed by atoms with Gasteiger partial charge >= 0.3 is 0 Å². The van der Waals surface area contributed by atoms with Gasteiger partial charge in [0, 0.05) is 20.5 Å². The molecule has 0 bridgehead atoms. The summed E-state index contributed by atoms with van der Waals surface area (Å²) in [7, 11) is 0.